The number of piperidine rings is 1. The standard InChI is InChI=1S/C27H27NO3/c1-2-20-10-6-7-15-28(20)17-19-11-12-22-21(26(19)30)13-14-23-24(16-25(29)31-27(22)23)18-8-4-3-5-9-18/h3-5,8-9,11-14,16,20,30H,2,6-7,10,15,17H2,1H3/t20-/m1/s1. The molecule has 0 amide bonds. The van der Waals surface area contributed by atoms with E-state index in [1.165, 1.54) is 19.3 Å². The number of hydrogen-bond donors (Lipinski definition) is 1. The number of phenolic OH excluding ortho intramolecular Hbond substituents is 1. The highest BCUT2D eigenvalue weighted by molar-refractivity contribution is 6.10. The molecule has 0 aliphatic carbocycles. The van der Waals surface area contributed by atoms with Crippen molar-refractivity contribution in [3.8, 4) is 16.9 Å². The smallest absolute Gasteiger partial charge is 0.336 e. The van der Waals surface area contributed by atoms with Gasteiger partial charge in [-0.3, -0.25) is 4.90 Å². The zero-order chi connectivity index (χ0) is 21.4. The minimum atomic E-state index is -0.387. The molecule has 0 radical (unpaired) electrons. The Hall–Kier alpha value is -3.11. The van der Waals surface area contributed by atoms with E-state index in [9.17, 15) is 9.90 Å². The lowest BCUT2D eigenvalue weighted by Crippen LogP contribution is -2.38. The fraction of sp³-hybridized carbons (Fsp3) is 0.296. The van der Waals surface area contributed by atoms with Gasteiger partial charge in [0.2, 0.25) is 0 Å². The summed E-state index contributed by atoms with van der Waals surface area (Å²) in [5.74, 6) is 0.285. The molecule has 0 unspecified atom stereocenters. The number of benzene rings is 3. The summed E-state index contributed by atoms with van der Waals surface area (Å²) >= 11 is 0. The van der Waals surface area contributed by atoms with Gasteiger partial charge < -0.3 is 9.52 Å². The van der Waals surface area contributed by atoms with Crippen LogP contribution in [0.2, 0.25) is 0 Å². The molecule has 158 valence electrons. The lowest BCUT2D eigenvalue weighted by atomic mass is 9.96. The van der Waals surface area contributed by atoms with Crippen molar-refractivity contribution in [2.24, 2.45) is 0 Å². The molecule has 1 fully saturated rings. The van der Waals surface area contributed by atoms with Gasteiger partial charge in [0.1, 0.15) is 11.3 Å². The predicted molar refractivity (Wildman–Crippen MR) is 125 cm³/mol. The van der Waals surface area contributed by atoms with Gasteiger partial charge in [-0.2, -0.15) is 0 Å². The zero-order valence-corrected chi connectivity index (χ0v) is 17.8. The van der Waals surface area contributed by atoms with E-state index >= 15 is 0 Å². The molecule has 1 atom stereocenters. The number of fused-ring (bicyclic) bond motifs is 3. The largest absolute Gasteiger partial charge is 0.507 e. The van der Waals surface area contributed by atoms with Crippen LogP contribution in [0.3, 0.4) is 0 Å². The van der Waals surface area contributed by atoms with Crippen molar-refractivity contribution in [1.82, 2.24) is 4.90 Å². The molecule has 4 heteroatoms. The Kier molecular flexibility index (Phi) is 5.24. The first kappa shape index (κ1) is 19.8. The summed E-state index contributed by atoms with van der Waals surface area (Å²) in [7, 11) is 0. The lowest BCUT2D eigenvalue weighted by Gasteiger charge is -2.35. The molecule has 0 spiro atoms. The van der Waals surface area contributed by atoms with Crippen LogP contribution in [0.25, 0.3) is 32.9 Å². The molecule has 4 aromatic rings. The summed E-state index contributed by atoms with van der Waals surface area (Å²) in [6, 6.07) is 19.8. The number of nitrogens with zero attached hydrogens (tertiary/aromatic N) is 1. The molecule has 1 saturated heterocycles. The van der Waals surface area contributed by atoms with Crippen molar-refractivity contribution in [3.05, 3.63) is 76.6 Å². The highest BCUT2D eigenvalue weighted by Gasteiger charge is 2.22. The second-order valence-corrected chi connectivity index (χ2v) is 8.48. The van der Waals surface area contributed by atoms with E-state index in [-0.39, 0.29) is 11.4 Å². The van der Waals surface area contributed by atoms with Gasteiger partial charge in [-0.25, -0.2) is 4.79 Å². The summed E-state index contributed by atoms with van der Waals surface area (Å²) in [4.78, 5) is 14.9. The number of aromatic hydroxyl groups is 1. The van der Waals surface area contributed by atoms with E-state index in [1.807, 2.05) is 54.6 Å². The molecule has 31 heavy (non-hydrogen) atoms. The number of hydrogen-bond acceptors (Lipinski definition) is 4. The molecule has 2 heterocycles. The van der Waals surface area contributed by atoms with E-state index in [4.69, 9.17) is 4.42 Å². The molecule has 4 nitrogen and oxygen atoms in total. The van der Waals surface area contributed by atoms with E-state index in [0.29, 0.717) is 11.6 Å². The maximum atomic E-state index is 12.4. The van der Waals surface area contributed by atoms with Crippen molar-refractivity contribution >= 4 is 21.7 Å². The van der Waals surface area contributed by atoms with Crippen LogP contribution in [0, 0.1) is 0 Å². The normalized spacial score (nSPS) is 17.4. The first-order valence-electron chi connectivity index (χ1n) is 11.2. The summed E-state index contributed by atoms with van der Waals surface area (Å²) in [5.41, 5.74) is 2.87. The maximum Gasteiger partial charge on any atom is 0.336 e. The van der Waals surface area contributed by atoms with Gasteiger partial charge in [0.05, 0.1) is 0 Å². The van der Waals surface area contributed by atoms with Crippen molar-refractivity contribution in [2.45, 2.75) is 45.2 Å². The highest BCUT2D eigenvalue weighted by Crippen LogP contribution is 2.37. The summed E-state index contributed by atoms with van der Waals surface area (Å²) in [6.07, 6.45) is 4.85. The van der Waals surface area contributed by atoms with E-state index in [1.54, 1.807) is 6.07 Å². The Bertz CT molecular complexity index is 1290. The molecular formula is C27H27NO3. The van der Waals surface area contributed by atoms with Gasteiger partial charge in [0.25, 0.3) is 0 Å². The van der Waals surface area contributed by atoms with Gasteiger partial charge >= 0.3 is 5.63 Å². The number of likely N-dealkylation sites (tertiary alicyclic amines) is 1. The third-order valence-electron chi connectivity index (χ3n) is 6.64. The van der Waals surface area contributed by atoms with Crippen LogP contribution in [0.5, 0.6) is 5.75 Å². The van der Waals surface area contributed by atoms with E-state index < -0.39 is 0 Å². The van der Waals surface area contributed by atoms with Gasteiger partial charge in [-0.15, -0.1) is 0 Å². The second-order valence-electron chi connectivity index (χ2n) is 8.48. The van der Waals surface area contributed by atoms with E-state index in [0.717, 1.165) is 52.4 Å². The molecule has 0 saturated carbocycles. The van der Waals surface area contributed by atoms with Crippen molar-refractivity contribution in [1.29, 1.82) is 0 Å². The van der Waals surface area contributed by atoms with Gasteiger partial charge in [0.15, 0.2) is 0 Å². The first-order chi connectivity index (χ1) is 15.2. The van der Waals surface area contributed by atoms with Gasteiger partial charge in [-0.1, -0.05) is 55.8 Å². The summed E-state index contributed by atoms with van der Waals surface area (Å²) in [6.45, 7) is 4.05. The van der Waals surface area contributed by atoms with Crippen LogP contribution >= 0.6 is 0 Å². The minimum Gasteiger partial charge on any atom is -0.507 e. The van der Waals surface area contributed by atoms with E-state index in [2.05, 4.69) is 11.8 Å². The zero-order valence-electron chi connectivity index (χ0n) is 17.8. The lowest BCUT2D eigenvalue weighted by molar-refractivity contribution is 0.135. The fourth-order valence-electron chi connectivity index (χ4n) is 4.99. The minimum absolute atomic E-state index is 0.285. The molecular weight excluding hydrogens is 386 g/mol. The van der Waals surface area contributed by atoms with Crippen molar-refractivity contribution in [3.63, 3.8) is 0 Å². The second kappa shape index (κ2) is 8.20. The summed E-state index contributed by atoms with van der Waals surface area (Å²) < 4.78 is 5.64. The average molecular weight is 414 g/mol. The van der Waals surface area contributed by atoms with Crippen LogP contribution in [0.4, 0.5) is 0 Å². The molecule has 0 bridgehead atoms. The van der Waals surface area contributed by atoms with Gasteiger partial charge in [0, 0.05) is 40.4 Å². The topological polar surface area (TPSA) is 53.7 Å². The number of rotatable bonds is 4. The van der Waals surface area contributed by atoms with Crippen LogP contribution in [-0.4, -0.2) is 22.6 Å². The molecule has 1 aliphatic heterocycles. The maximum absolute atomic E-state index is 12.4. The molecule has 1 N–H and O–H groups in total. The fourth-order valence-corrected chi connectivity index (χ4v) is 4.99. The Morgan fingerprint density at radius 1 is 1.00 bits per heavy atom. The predicted octanol–water partition coefficient (Wildman–Crippen LogP) is 6.08. The third kappa shape index (κ3) is 3.61. The third-order valence-corrected chi connectivity index (χ3v) is 6.64. The quantitative estimate of drug-likeness (QED) is 0.325. The van der Waals surface area contributed by atoms with Crippen molar-refractivity contribution < 1.29 is 9.52 Å². The first-order valence-corrected chi connectivity index (χ1v) is 11.2. The Morgan fingerprint density at radius 3 is 2.58 bits per heavy atom. The summed E-state index contributed by atoms with van der Waals surface area (Å²) in [5, 5.41) is 13.5. The van der Waals surface area contributed by atoms with Crippen LogP contribution in [0.15, 0.2) is 69.9 Å². The Labute approximate surface area is 181 Å². The van der Waals surface area contributed by atoms with Crippen LogP contribution in [0.1, 0.15) is 38.2 Å². The SMILES string of the molecule is CC[C@@H]1CCCCN1Cc1ccc2c(ccc3c(-c4ccccc4)cc(=O)oc32)c1O. The Morgan fingerprint density at radius 2 is 1.77 bits per heavy atom. The molecule has 1 aliphatic rings. The molecule has 3 aromatic carbocycles. The van der Waals surface area contributed by atoms with Crippen molar-refractivity contribution in [2.75, 3.05) is 6.54 Å². The van der Waals surface area contributed by atoms with Crippen LogP contribution < -0.4 is 5.63 Å². The van der Waals surface area contributed by atoms with Gasteiger partial charge in [-0.05, 0) is 49.1 Å². The Balaban J connectivity index is 1.63. The molecule has 1 aromatic heterocycles. The van der Waals surface area contributed by atoms with Crippen LogP contribution in [-0.2, 0) is 6.54 Å². The monoisotopic (exact) mass is 413 g/mol. The number of phenols is 1. The average Bonchev–Trinajstić information content (AvgIpc) is 2.81. The highest BCUT2D eigenvalue weighted by atomic mass is 16.4. The molecule has 5 rings (SSSR count).